The molecule has 188 valence electrons. The van der Waals surface area contributed by atoms with E-state index in [1.54, 1.807) is 46.9 Å². The number of nitrogens with zero attached hydrogens (tertiary/aromatic N) is 2. The number of carbonyl (C=O) groups is 2. The van der Waals surface area contributed by atoms with Gasteiger partial charge in [-0.15, -0.1) is 0 Å². The SMILES string of the molecule is COC(=O)C1=C(C(=O)OC)N(c2ccc(S(=O)(=O)N3CC4(C)CC3CC(C)(C)C4)cc2)C=CC=C1. The van der Waals surface area contributed by atoms with Crippen molar-refractivity contribution in [2.45, 2.75) is 51.0 Å². The third-order valence-electron chi connectivity index (χ3n) is 6.98. The van der Waals surface area contributed by atoms with Crippen LogP contribution >= 0.6 is 0 Å². The van der Waals surface area contributed by atoms with Gasteiger partial charge in [-0.05, 0) is 66.5 Å². The summed E-state index contributed by atoms with van der Waals surface area (Å²) < 4.78 is 38.7. The lowest BCUT2D eigenvalue weighted by Crippen LogP contribution is -2.37. The van der Waals surface area contributed by atoms with Gasteiger partial charge in [0, 0.05) is 24.5 Å². The third-order valence-corrected chi connectivity index (χ3v) is 8.89. The Kier molecular flexibility index (Phi) is 6.44. The average Bonchev–Trinajstić information content (AvgIpc) is 2.94. The predicted molar refractivity (Wildman–Crippen MR) is 132 cm³/mol. The van der Waals surface area contributed by atoms with Crippen LogP contribution in [0.5, 0.6) is 0 Å². The first-order chi connectivity index (χ1) is 16.4. The van der Waals surface area contributed by atoms with Gasteiger partial charge in [-0.3, -0.25) is 0 Å². The fourth-order valence-electron chi connectivity index (χ4n) is 5.97. The fraction of sp³-hybridized carbons (Fsp3) is 0.462. The number of allylic oxidation sites excluding steroid dienone is 2. The molecule has 1 saturated carbocycles. The van der Waals surface area contributed by atoms with Gasteiger partial charge in [0.15, 0.2) is 0 Å². The molecule has 1 aliphatic carbocycles. The maximum atomic E-state index is 13.6. The fourth-order valence-corrected chi connectivity index (χ4v) is 7.74. The van der Waals surface area contributed by atoms with E-state index in [1.165, 1.54) is 25.2 Å². The summed E-state index contributed by atoms with van der Waals surface area (Å²) in [5, 5.41) is 0. The van der Waals surface area contributed by atoms with Gasteiger partial charge in [0.25, 0.3) is 0 Å². The van der Waals surface area contributed by atoms with Crippen LogP contribution in [0.3, 0.4) is 0 Å². The van der Waals surface area contributed by atoms with Gasteiger partial charge in [0.1, 0.15) is 5.70 Å². The molecule has 0 N–H and O–H groups in total. The standard InChI is InChI=1S/C26H32N2O6S/c1-25(2)14-19-15-26(3,16-25)17-28(19)35(31,32)20-11-9-18(10-12-20)27-13-7-6-8-21(23(29)33-4)22(27)24(30)34-5/h6-13,19H,14-17H2,1-5H3. The van der Waals surface area contributed by atoms with Crippen molar-refractivity contribution >= 4 is 27.6 Å². The normalized spacial score (nSPS) is 26.0. The van der Waals surface area contributed by atoms with Crippen LogP contribution in [-0.2, 0) is 29.1 Å². The van der Waals surface area contributed by atoms with Crippen molar-refractivity contribution < 1.29 is 27.5 Å². The van der Waals surface area contributed by atoms with Crippen LogP contribution in [0.1, 0.15) is 40.0 Å². The second-order valence-corrected chi connectivity index (χ2v) is 12.5. The van der Waals surface area contributed by atoms with E-state index in [1.807, 2.05) is 0 Å². The molecule has 2 bridgehead atoms. The zero-order valence-electron chi connectivity index (χ0n) is 20.8. The zero-order valence-corrected chi connectivity index (χ0v) is 21.6. The zero-order chi connectivity index (χ0) is 25.6. The summed E-state index contributed by atoms with van der Waals surface area (Å²) in [6.07, 6.45) is 9.08. The van der Waals surface area contributed by atoms with Gasteiger partial charge < -0.3 is 14.4 Å². The minimum Gasteiger partial charge on any atom is -0.465 e. The molecule has 1 saturated heterocycles. The molecular weight excluding hydrogens is 468 g/mol. The maximum Gasteiger partial charge on any atom is 0.355 e. The number of ether oxygens (including phenoxy) is 2. The quantitative estimate of drug-likeness (QED) is 0.568. The van der Waals surface area contributed by atoms with Crippen molar-refractivity contribution in [3.8, 4) is 0 Å². The van der Waals surface area contributed by atoms with Crippen molar-refractivity contribution in [3.05, 3.63) is 60.0 Å². The Morgan fingerprint density at radius 3 is 2.26 bits per heavy atom. The molecule has 1 aromatic rings. The number of fused-ring (bicyclic) bond motifs is 2. The minimum absolute atomic E-state index is 0.00971. The van der Waals surface area contributed by atoms with E-state index in [2.05, 4.69) is 20.8 Å². The Bertz CT molecular complexity index is 1230. The van der Waals surface area contributed by atoms with Crippen molar-refractivity contribution in [1.29, 1.82) is 0 Å². The van der Waals surface area contributed by atoms with Gasteiger partial charge in [0.2, 0.25) is 10.0 Å². The molecule has 0 spiro atoms. The molecule has 0 aromatic heterocycles. The van der Waals surface area contributed by atoms with Crippen LogP contribution < -0.4 is 4.90 Å². The van der Waals surface area contributed by atoms with E-state index in [9.17, 15) is 18.0 Å². The van der Waals surface area contributed by atoms with Gasteiger partial charge in [-0.1, -0.05) is 26.8 Å². The number of carbonyl (C=O) groups excluding carboxylic acids is 2. The Morgan fingerprint density at radius 1 is 0.971 bits per heavy atom. The smallest absolute Gasteiger partial charge is 0.355 e. The number of benzene rings is 1. The second kappa shape index (κ2) is 8.95. The molecule has 2 aliphatic heterocycles. The highest BCUT2D eigenvalue weighted by atomic mass is 32.2. The molecule has 8 nitrogen and oxygen atoms in total. The second-order valence-electron chi connectivity index (χ2n) is 10.6. The number of anilines is 1. The minimum atomic E-state index is -3.69. The number of rotatable bonds is 5. The average molecular weight is 501 g/mol. The van der Waals surface area contributed by atoms with Crippen LogP contribution in [0, 0.1) is 10.8 Å². The highest BCUT2D eigenvalue weighted by molar-refractivity contribution is 7.89. The summed E-state index contributed by atoms with van der Waals surface area (Å²) in [7, 11) is -1.23. The van der Waals surface area contributed by atoms with Crippen molar-refractivity contribution in [1.82, 2.24) is 4.31 Å². The number of hydrogen-bond donors (Lipinski definition) is 0. The summed E-state index contributed by atoms with van der Waals surface area (Å²) >= 11 is 0. The van der Waals surface area contributed by atoms with Gasteiger partial charge >= 0.3 is 11.9 Å². The third kappa shape index (κ3) is 4.67. The molecule has 35 heavy (non-hydrogen) atoms. The Labute approximate surface area is 206 Å². The van der Waals surface area contributed by atoms with Crippen molar-refractivity contribution in [2.24, 2.45) is 10.8 Å². The highest BCUT2D eigenvalue weighted by Crippen LogP contribution is 2.53. The summed E-state index contributed by atoms with van der Waals surface area (Å²) in [6, 6.07) is 6.31. The number of esters is 2. The van der Waals surface area contributed by atoms with Crippen LogP contribution in [0.2, 0.25) is 0 Å². The summed E-state index contributed by atoms with van der Waals surface area (Å²) in [4.78, 5) is 26.7. The topological polar surface area (TPSA) is 93.2 Å². The lowest BCUT2D eigenvalue weighted by atomic mass is 9.65. The molecule has 0 radical (unpaired) electrons. The van der Waals surface area contributed by atoms with E-state index < -0.39 is 22.0 Å². The largest absolute Gasteiger partial charge is 0.465 e. The molecule has 9 heteroatoms. The van der Waals surface area contributed by atoms with E-state index in [0.717, 1.165) is 19.3 Å². The van der Waals surface area contributed by atoms with E-state index in [-0.39, 0.29) is 33.0 Å². The Hall–Kier alpha value is -2.91. The molecule has 3 aliphatic rings. The summed E-state index contributed by atoms with van der Waals surface area (Å²) in [5.74, 6) is -1.41. The molecule has 4 rings (SSSR count). The molecule has 0 amide bonds. The number of sulfonamides is 1. The van der Waals surface area contributed by atoms with Crippen molar-refractivity contribution in [2.75, 3.05) is 25.7 Å². The molecule has 2 fully saturated rings. The summed E-state index contributed by atoms with van der Waals surface area (Å²) in [5.41, 5.74) is 0.587. The number of hydrogen-bond acceptors (Lipinski definition) is 7. The van der Waals surface area contributed by atoms with Crippen LogP contribution in [-0.4, -0.2) is 51.5 Å². The van der Waals surface area contributed by atoms with Gasteiger partial charge in [0.05, 0.1) is 24.7 Å². The number of methoxy groups -OCH3 is 2. The maximum absolute atomic E-state index is 13.6. The van der Waals surface area contributed by atoms with Gasteiger partial charge in [-0.2, -0.15) is 4.31 Å². The highest BCUT2D eigenvalue weighted by Gasteiger charge is 2.53. The predicted octanol–water partition coefficient (Wildman–Crippen LogP) is 3.77. The Morgan fingerprint density at radius 2 is 1.63 bits per heavy atom. The van der Waals surface area contributed by atoms with Crippen molar-refractivity contribution in [3.63, 3.8) is 0 Å². The van der Waals surface area contributed by atoms with E-state index in [0.29, 0.717) is 12.2 Å². The monoisotopic (exact) mass is 500 g/mol. The first-order valence-electron chi connectivity index (χ1n) is 11.6. The molecule has 2 unspecified atom stereocenters. The summed E-state index contributed by atoms with van der Waals surface area (Å²) in [6.45, 7) is 7.12. The molecule has 1 aromatic carbocycles. The van der Waals surface area contributed by atoms with Crippen LogP contribution in [0.25, 0.3) is 0 Å². The molecule has 2 heterocycles. The molecular formula is C26H32N2O6S. The lowest BCUT2D eigenvalue weighted by Gasteiger charge is -2.39. The van der Waals surface area contributed by atoms with Gasteiger partial charge in [-0.25, -0.2) is 18.0 Å². The first kappa shape index (κ1) is 25.2. The first-order valence-corrected chi connectivity index (χ1v) is 13.0. The van der Waals surface area contributed by atoms with Crippen LogP contribution in [0.4, 0.5) is 5.69 Å². The Balaban J connectivity index is 1.68. The van der Waals surface area contributed by atoms with E-state index >= 15 is 0 Å². The van der Waals surface area contributed by atoms with Crippen LogP contribution in [0.15, 0.2) is 64.9 Å². The lowest BCUT2D eigenvalue weighted by molar-refractivity contribution is -0.139. The van der Waals surface area contributed by atoms with E-state index in [4.69, 9.17) is 9.47 Å². The molecule has 2 atom stereocenters.